The van der Waals surface area contributed by atoms with Gasteiger partial charge in [0.05, 0.1) is 12.0 Å². The van der Waals surface area contributed by atoms with Crippen LogP contribution in [-0.4, -0.2) is 23.3 Å². The second-order valence-electron chi connectivity index (χ2n) is 7.05. The van der Waals surface area contributed by atoms with Crippen molar-refractivity contribution in [3.63, 3.8) is 0 Å². The smallest absolute Gasteiger partial charge is 0.229 e. The number of amides is 2. The van der Waals surface area contributed by atoms with Gasteiger partial charge in [-0.2, -0.15) is 0 Å². The summed E-state index contributed by atoms with van der Waals surface area (Å²) in [6.07, 6.45) is 0.258. The van der Waals surface area contributed by atoms with E-state index in [-0.39, 0.29) is 30.2 Å². The van der Waals surface area contributed by atoms with Gasteiger partial charge in [0.25, 0.3) is 0 Å². The fraction of sp³-hybridized carbons (Fsp3) is 0.217. The number of benzene rings is 3. The minimum Gasteiger partial charge on any atom is -0.335 e. The maximum absolute atomic E-state index is 12.8. The molecule has 1 N–H and O–H groups in total. The number of carbonyl (C=O) groups is 2. The van der Waals surface area contributed by atoms with Gasteiger partial charge in [-0.3, -0.25) is 9.59 Å². The molecule has 3 aromatic rings. The largest absolute Gasteiger partial charge is 0.335 e. The quantitative estimate of drug-likeness (QED) is 0.752. The molecular weight excluding hydrogens is 336 g/mol. The van der Waals surface area contributed by atoms with E-state index in [2.05, 4.69) is 5.32 Å². The molecule has 2 atom stereocenters. The van der Waals surface area contributed by atoms with E-state index >= 15 is 0 Å². The molecule has 0 bridgehead atoms. The van der Waals surface area contributed by atoms with Crippen LogP contribution in [0.3, 0.4) is 0 Å². The third-order valence-electron chi connectivity index (χ3n) is 5.33. The van der Waals surface area contributed by atoms with Crippen LogP contribution in [-0.2, 0) is 9.59 Å². The number of likely N-dealkylation sites (tertiary alicyclic amines) is 1. The molecule has 27 heavy (non-hydrogen) atoms. The Bertz CT molecular complexity index is 979. The predicted molar refractivity (Wildman–Crippen MR) is 107 cm³/mol. The van der Waals surface area contributed by atoms with E-state index in [0.29, 0.717) is 6.54 Å². The van der Waals surface area contributed by atoms with E-state index in [1.54, 1.807) is 0 Å². The lowest BCUT2D eigenvalue weighted by Gasteiger charge is -2.25. The lowest BCUT2D eigenvalue weighted by Crippen LogP contribution is -2.30. The van der Waals surface area contributed by atoms with E-state index in [4.69, 9.17) is 0 Å². The number of nitrogens with zero attached hydrogens (tertiary/aromatic N) is 1. The lowest BCUT2D eigenvalue weighted by atomic mass is 10.1. The fourth-order valence-corrected chi connectivity index (χ4v) is 3.76. The molecule has 1 heterocycles. The molecule has 3 aromatic carbocycles. The highest BCUT2D eigenvalue weighted by atomic mass is 16.2. The van der Waals surface area contributed by atoms with Gasteiger partial charge in [-0.1, -0.05) is 66.7 Å². The maximum atomic E-state index is 12.8. The second kappa shape index (κ2) is 7.23. The molecule has 4 nitrogen and oxygen atoms in total. The minimum atomic E-state index is -0.331. The SMILES string of the molecule is C[C@@H](c1ccccc1)N1C[C@@H](C(=O)Nc2cccc3ccccc23)CC1=O. The molecule has 0 aliphatic carbocycles. The molecule has 4 rings (SSSR count). The van der Waals surface area contributed by atoms with Crippen molar-refractivity contribution in [3.8, 4) is 0 Å². The summed E-state index contributed by atoms with van der Waals surface area (Å²) in [5.74, 6) is -0.394. The van der Waals surface area contributed by atoms with E-state index in [0.717, 1.165) is 22.0 Å². The Morgan fingerprint density at radius 3 is 2.52 bits per heavy atom. The van der Waals surface area contributed by atoms with Gasteiger partial charge in [-0.25, -0.2) is 0 Å². The molecule has 2 amide bonds. The topological polar surface area (TPSA) is 49.4 Å². The normalized spacial score (nSPS) is 17.9. The van der Waals surface area contributed by atoms with Crippen LogP contribution in [0, 0.1) is 5.92 Å². The average molecular weight is 358 g/mol. The summed E-state index contributed by atoms with van der Waals surface area (Å²) in [6, 6.07) is 23.7. The number of fused-ring (bicyclic) bond motifs is 1. The van der Waals surface area contributed by atoms with Crippen LogP contribution in [0.1, 0.15) is 24.9 Å². The van der Waals surface area contributed by atoms with Gasteiger partial charge in [0.2, 0.25) is 11.8 Å². The first kappa shape index (κ1) is 17.3. The van der Waals surface area contributed by atoms with Crippen LogP contribution in [0.5, 0.6) is 0 Å². The highest BCUT2D eigenvalue weighted by molar-refractivity contribution is 6.04. The number of nitrogens with one attached hydrogen (secondary N) is 1. The Balaban J connectivity index is 1.49. The van der Waals surface area contributed by atoms with E-state index in [1.807, 2.05) is 84.6 Å². The van der Waals surface area contributed by atoms with Crippen molar-refractivity contribution in [1.82, 2.24) is 4.90 Å². The summed E-state index contributed by atoms with van der Waals surface area (Å²) >= 11 is 0. The first-order valence-corrected chi connectivity index (χ1v) is 9.26. The van der Waals surface area contributed by atoms with Crippen molar-refractivity contribution in [2.75, 3.05) is 11.9 Å². The summed E-state index contributed by atoms with van der Waals surface area (Å²) < 4.78 is 0. The van der Waals surface area contributed by atoms with Crippen LogP contribution in [0.2, 0.25) is 0 Å². The lowest BCUT2D eigenvalue weighted by molar-refractivity contribution is -0.129. The third-order valence-corrected chi connectivity index (χ3v) is 5.33. The number of carbonyl (C=O) groups excluding carboxylic acids is 2. The summed E-state index contributed by atoms with van der Waals surface area (Å²) in [6.45, 7) is 2.46. The number of anilines is 1. The van der Waals surface area contributed by atoms with Crippen molar-refractivity contribution < 1.29 is 9.59 Å². The molecule has 136 valence electrons. The molecular formula is C23H22N2O2. The molecule has 0 aromatic heterocycles. The molecule has 1 saturated heterocycles. The molecule has 0 saturated carbocycles. The average Bonchev–Trinajstić information content (AvgIpc) is 3.10. The highest BCUT2D eigenvalue weighted by Gasteiger charge is 2.37. The first-order valence-electron chi connectivity index (χ1n) is 9.26. The molecule has 0 unspecified atom stereocenters. The highest BCUT2D eigenvalue weighted by Crippen LogP contribution is 2.30. The van der Waals surface area contributed by atoms with Crippen molar-refractivity contribution in [3.05, 3.63) is 78.4 Å². The van der Waals surface area contributed by atoms with Crippen molar-refractivity contribution in [1.29, 1.82) is 0 Å². The Morgan fingerprint density at radius 2 is 1.70 bits per heavy atom. The van der Waals surface area contributed by atoms with E-state index in [9.17, 15) is 9.59 Å². The molecule has 1 fully saturated rings. The van der Waals surface area contributed by atoms with Crippen LogP contribution in [0.15, 0.2) is 72.8 Å². The summed E-state index contributed by atoms with van der Waals surface area (Å²) in [5.41, 5.74) is 1.88. The van der Waals surface area contributed by atoms with Crippen LogP contribution >= 0.6 is 0 Å². The molecule has 1 aliphatic rings. The van der Waals surface area contributed by atoms with Gasteiger partial charge in [-0.05, 0) is 23.9 Å². The van der Waals surface area contributed by atoms with Crippen LogP contribution < -0.4 is 5.32 Å². The third kappa shape index (κ3) is 3.43. The zero-order valence-corrected chi connectivity index (χ0v) is 15.3. The van der Waals surface area contributed by atoms with Crippen LogP contribution in [0.25, 0.3) is 10.8 Å². The number of rotatable bonds is 4. The zero-order valence-electron chi connectivity index (χ0n) is 15.3. The summed E-state index contributed by atoms with van der Waals surface area (Å²) in [7, 11) is 0. The molecule has 0 radical (unpaired) electrons. The maximum Gasteiger partial charge on any atom is 0.229 e. The van der Waals surface area contributed by atoms with Gasteiger partial charge in [0, 0.05) is 24.0 Å². The first-order chi connectivity index (χ1) is 13.1. The van der Waals surface area contributed by atoms with Crippen molar-refractivity contribution in [2.45, 2.75) is 19.4 Å². The van der Waals surface area contributed by atoms with Gasteiger partial charge >= 0.3 is 0 Å². The summed E-state index contributed by atoms with van der Waals surface area (Å²) in [5, 5.41) is 5.12. The summed E-state index contributed by atoms with van der Waals surface area (Å²) in [4.78, 5) is 27.1. The Morgan fingerprint density at radius 1 is 1.00 bits per heavy atom. The second-order valence-corrected chi connectivity index (χ2v) is 7.05. The van der Waals surface area contributed by atoms with Crippen LogP contribution in [0.4, 0.5) is 5.69 Å². The zero-order chi connectivity index (χ0) is 18.8. The van der Waals surface area contributed by atoms with Gasteiger partial charge < -0.3 is 10.2 Å². The molecule has 1 aliphatic heterocycles. The Hall–Kier alpha value is -3.14. The van der Waals surface area contributed by atoms with Gasteiger partial charge in [-0.15, -0.1) is 0 Å². The Labute approximate surface area is 158 Å². The number of hydrogen-bond acceptors (Lipinski definition) is 2. The predicted octanol–water partition coefficient (Wildman–Crippen LogP) is 4.39. The fourth-order valence-electron chi connectivity index (χ4n) is 3.76. The Kier molecular flexibility index (Phi) is 4.63. The van der Waals surface area contributed by atoms with Gasteiger partial charge in [0.15, 0.2) is 0 Å². The number of hydrogen-bond donors (Lipinski definition) is 1. The molecule has 4 heteroatoms. The van der Waals surface area contributed by atoms with Crippen molar-refractivity contribution in [2.24, 2.45) is 5.92 Å². The minimum absolute atomic E-state index is 0.0319. The standard InChI is InChI=1S/C23H22N2O2/c1-16(17-8-3-2-4-9-17)25-15-19(14-22(25)26)23(27)24-21-13-7-11-18-10-5-6-12-20(18)21/h2-13,16,19H,14-15H2,1H3,(H,24,27)/t16-,19-/m0/s1. The van der Waals surface area contributed by atoms with E-state index in [1.165, 1.54) is 0 Å². The van der Waals surface area contributed by atoms with E-state index < -0.39 is 0 Å². The molecule has 0 spiro atoms. The van der Waals surface area contributed by atoms with Crippen molar-refractivity contribution >= 4 is 28.3 Å². The van der Waals surface area contributed by atoms with Gasteiger partial charge in [0.1, 0.15) is 0 Å². The monoisotopic (exact) mass is 358 g/mol.